The highest BCUT2D eigenvalue weighted by molar-refractivity contribution is 5.17. The molecule has 4 nitrogen and oxygen atoms in total. The molecule has 1 aliphatic rings. The summed E-state index contributed by atoms with van der Waals surface area (Å²) >= 11 is 0. The first-order valence-electron chi connectivity index (χ1n) is 8.80. The third-order valence-electron chi connectivity index (χ3n) is 4.91. The lowest BCUT2D eigenvalue weighted by molar-refractivity contribution is 0.0393. The molecule has 0 spiro atoms. The zero-order chi connectivity index (χ0) is 16.8. The summed E-state index contributed by atoms with van der Waals surface area (Å²) in [5, 5.41) is 10.4. The van der Waals surface area contributed by atoms with Gasteiger partial charge in [0.05, 0.1) is 6.10 Å². The van der Waals surface area contributed by atoms with E-state index in [0.717, 1.165) is 38.2 Å². The van der Waals surface area contributed by atoms with Crippen molar-refractivity contribution in [3.63, 3.8) is 0 Å². The lowest BCUT2D eigenvalue weighted by atomic mass is 10.1. The van der Waals surface area contributed by atoms with E-state index >= 15 is 0 Å². The topological polar surface area (TPSA) is 39.6 Å². The van der Waals surface area contributed by atoms with Gasteiger partial charge in [-0.15, -0.1) is 0 Å². The Hall–Kier alpha value is -1.75. The fourth-order valence-corrected chi connectivity index (χ4v) is 3.38. The predicted octanol–water partition coefficient (Wildman–Crippen LogP) is 2.36. The van der Waals surface area contributed by atoms with Gasteiger partial charge < -0.3 is 10.0 Å². The first kappa shape index (κ1) is 17.1. The van der Waals surface area contributed by atoms with Gasteiger partial charge in [-0.3, -0.25) is 9.88 Å². The molecule has 1 saturated heterocycles. The van der Waals surface area contributed by atoms with Gasteiger partial charge in [-0.2, -0.15) is 0 Å². The molecule has 0 radical (unpaired) electrons. The van der Waals surface area contributed by atoms with Crippen LogP contribution in [0, 0.1) is 0 Å². The van der Waals surface area contributed by atoms with Crippen molar-refractivity contribution in [2.45, 2.75) is 25.5 Å². The van der Waals surface area contributed by atoms with Crippen LogP contribution in [0.25, 0.3) is 0 Å². The minimum atomic E-state index is -0.406. The third-order valence-corrected chi connectivity index (χ3v) is 4.91. The molecule has 0 amide bonds. The molecule has 3 rings (SSSR count). The molecule has 0 saturated carbocycles. The Kier molecular flexibility index (Phi) is 5.96. The van der Waals surface area contributed by atoms with E-state index in [-0.39, 0.29) is 0 Å². The maximum absolute atomic E-state index is 10.4. The molecule has 2 heterocycles. The van der Waals surface area contributed by atoms with Crippen LogP contribution < -0.4 is 0 Å². The number of piperazine rings is 1. The van der Waals surface area contributed by atoms with Gasteiger partial charge in [-0.25, -0.2) is 0 Å². The first-order valence-corrected chi connectivity index (χ1v) is 8.80. The largest absolute Gasteiger partial charge is 0.387 e. The molecule has 1 aromatic carbocycles. The molecule has 2 atom stereocenters. The minimum absolute atomic E-state index is 0.406. The average Bonchev–Trinajstić information content (AvgIpc) is 2.63. The van der Waals surface area contributed by atoms with Gasteiger partial charge in [0.1, 0.15) is 0 Å². The molecule has 0 bridgehead atoms. The summed E-state index contributed by atoms with van der Waals surface area (Å²) in [6.45, 7) is 7.20. The van der Waals surface area contributed by atoms with E-state index in [2.05, 4.69) is 33.8 Å². The molecule has 1 N–H and O–H groups in total. The number of aliphatic hydroxyl groups is 1. The Bertz CT molecular complexity index is 605. The Morgan fingerprint density at radius 3 is 2.58 bits per heavy atom. The van der Waals surface area contributed by atoms with Gasteiger partial charge in [0.15, 0.2) is 0 Å². The lowest BCUT2D eigenvalue weighted by Gasteiger charge is -2.40. The molecule has 1 fully saturated rings. The van der Waals surface area contributed by atoms with Gasteiger partial charge >= 0.3 is 0 Å². The number of aliphatic hydroxyl groups excluding tert-OH is 1. The third kappa shape index (κ3) is 4.63. The normalized spacial score (nSPS) is 20.8. The second kappa shape index (κ2) is 8.38. The van der Waals surface area contributed by atoms with Crippen LogP contribution in [-0.4, -0.2) is 58.7 Å². The van der Waals surface area contributed by atoms with E-state index in [9.17, 15) is 5.11 Å². The molecule has 24 heavy (non-hydrogen) atoms. The van der Waals surface area contributed by atoms with Crippen LogP contribution in [0.5, 0.6) is 0 Å². The molecule has 128 valence electrons. The zero-order valence-electron chi connectivity index (χ0n) is 14.4. The number of aromatic nitrogens is 1. The number of nitrogens with zero attached hydrogens (tertiary/aromatic N) is 3. The summed E-state index contributed by atoms with van der Waals surface area (Å²) in [6.07, 6.45) is 4.39. The van der Waals surface area contributed by atoms with E-state index in [4.69, 9.17) is 0 Å². The van der Waals surface area contributed by atoms with E-state index in [0.29, 0.717) is 12.6 Å². The smallest absolute Gasteiger partial charge is 0.0917 e. The molecule has 2 unspecified atom stereocenters. The fourth-order valence-electron chi connectivity index (χ4n) is 3.38. The van der Waals surface area contributed by atoms with Crippen LogP contribution in [0.15, 0.2) is 54.9 Å². The van der Waals surface area contributed by atoms with Crippen LogP contribution >= 0.6 is 0 Å². The van der Waals surface area contributed by atoms with Crippen molar-refractivity contribution in [3.8, 4) is 0 Å². The van der Waals surface area contributed by atoms with E-state index in [1.165, 1.54) is 5.56 Å². The highest BCUT2D eigenvalue weighted by Crippen LogP contribution is 2.18. The molecule has 1 aliphatic heterocycles. The van der Waals surface area contributed by atoms with Crippen molar-refractivity contribution in [2.24, 2.45) is 0 Å². The highest BCUT2D eigenvalue weighted by Gasteiger charge is 2.25. The molecular weight excluding hydrogens is 298 g/mol. The van der Waals surface area contributed by atoms with Crippen LogP contribution in [0.2, 0.25) is 0 Å². The summed E-state index contributed by atoms with van der Waals surface area (Å²) < 4.78 is 0. The summed E-state index contributed by atoms with van der Waals surface area (Å²) in [5.41, 5.74) is 2.35. The fraction of sp³-hybridized carbons (Fsp3) is 0.450. The van der Waals surface area contributed by atoms with Crippen molar-refractivity contribution in [1.82, 2.24) is 14.8 Å². The maximum atomic E-state index is 10.4. The van der Waals surface area contributed by atoms with Crippen molar-refractivity contribution in [3.05, 3.63) is 66.0 Å². The van der Waals surface area contributed by atoms with Crippen LogP contribution in [-0.2, 0) is 6.42 Å². The van der Waals surface area contributed by atoms with Gasteiger partial charge in [0.25, 0.3) is 0 Å². The van der Waals surface area contributed by atoms with Crippen molar-refractivity contribution in [2.75, 3.05) is 32.7 Å². The maximum Gasteiger partial charge on any atom is 0.0917 e. The number of hydrogen-bond acceptors (Lipinski definition) is 4. The molecule has 0 aliphatic carbocycles. The quantitative estimate of drug-likeness (QED) is 0.885. The second-order valence-electron chi connectivity index (χ2n) is 6.68. The number of β-amino-alcohol motifs (C(OH)–C–C–N with tert-alkyl or cyclic N) is 1. The summed E-state index contributed by atoms with van der Waals surface area (Å²) in [7, 11) is 0. The molecule has 4 heteroatoms. The molecule has 2 aromatic rings. The number of benzene rings is 1. The van der Waals surface area contributed by atoms with Crippen LogP contribution in [0.4, 0.5) is 0 Å². The zero-order valence-corrected chi connectivity index (χ0v) is 14.4. The molecule has 1 aromatic heterocycles. The highest BCUT2D eigenvalue weighted by atomic mass is 16.3. The number of pyridine rings is 1. The summed E-state index contributed by atoms with van der Waals surface area (Å²) in [6, 6.07) is 14.6. The standard InChI is InChI=1S/C20H27N3O/c1-17-15-22(12-9-18-7-10-21-11-8-18)13-14-23(17)16-20(24)19-5-3-2-4-6-19/h2-8,10-11,17,20,24H,9,12-16H2,1H3. The van der Waals surface area contributed by atoms with Crippen molar-refractivity contribution < 1.29 is 5.11 Å². The minimum Gasteiger partial charge on any atom is -0.387 e. The Morgan fingerprint density at radius 1 is 1.12 bits per heavy atom. The monoisotopic (exact) mass is 325 g/mol. The Balaban J connectivity index is 1.46. The van der Waals surface area contributed by atoms with Gasteiger partial charge in [-0.05, 0) is 36.6 Å². The van der Waals surface area contributed by atoms with E-state index < -0.39 is 6.10 Å². The van der Waals surface area contributed by atoms with Crippen molar-refractivity contribution in [1.29, 1.82) is 0 Å². The van der Waals surface area contributed by atoms with Gasteiger partial charge in [-0.1, -0.05) is 30.3 Å². The van der Waals surface area contributed by atoms with Gasteiger partial charge in [0, 0.05) is 51.2 Å². The number of hydrogen-bond donors (Lipinski definition) is 1. The Morgan fingerprint density at radius 2 is 1.88 bits per heavy atom. The van der Waals surface area contributed by atoms with Gasteiger partial charge in [0.2, 0.25) is 0 Å². The van der Waals surface area contributed by atoms with Crippen molar-refractivity contribution >= 4 is 0 Å². The Labute approximate surface area is 144 Å². The van der Waals surface area contributed by atoms with Crippen LogP contribution in [0.3, 0.4) is 0 Å². The first-order chi connectivity index (χ1) is 11.7. The van der Waals surface area contributed by atoms with E-state index in [1.807, 2.05) is 42.7 Å². The average molecular weight is 325 g/mol. The predicted molar refractivity (Wildman–Crippen MR) is 96.8 cm³/mol. The molecular formula is C20H27N3O. The summed E-state index contributed by atoms with van der Waals surface area (Å²) in [4.78, 5) is 9.00. The van der Waals surface area contributed by atoms with E-state index in [1.54, 1.807) is 0 Å². The SMILES string of the molecule is CC1CN(CCc2ccncc2)CCN1CC(O)c1ccccc1. The number of rotatable bonds is 6. The second-order valence-corrected chi connectivity index (χ2v) is 6.68. The van der Waals surface area contributed by atoms with Crippen LogP contribution in [0.1, 0.15) is 24.2 Å². The lowest BCUT2D eigenvalue weighted by Crippen LogP contribution is -2.53. The summed E-state index contributed by atoms with van der Waals surface area (Å²) in [5.74, 6) is 0.